The summed E-state index contributed by atoms with van der Waals surface area (Å²) in [6, 6.07) is 14.4. The normalized spacial score (nSPS) is 16.4. The topological polar surface area (TPSA) is 83.7 Å². The van der Waals surface area contributed by atoms with Crippen LogP contribution in [0.4, 0.5) is 5.69 Å². The van der Waals surface area contributed by atoms with Gasteiger partial charge in [-0.25, -0.2) is 4.99 Å². The summed E-state index contributed by atoms with van der Waals surface area (Å²) in [5.74, 6) is 1.02. The smallest absolute Gasteiger partial charge is 0.264 e. The van der Waals surface area contributed by atoms with E-state index < -0.39 is 0 Å². The van der Waals surface area contributed by atoms with Crippen LogP contribution < -0.4 is 14.8 Å². The Labute approximate surface area is 155 Å². The third kappa shape index (κ3) is 3.71. The number of nitrogens with one attached hydrogen (secondary N) is 1. The summed E-state index contributed by atoms with van der Waals surface area (Å²) < 4.78 is 10.5. The lowest BCUT2D eigenvalue weighted by atomic mass is 10.1. The fourth-order valence-corrected chi connectivity index (χ4v) is 3.16. The lowest BCUT2D eigenvalue weighted by Gasteiger charge is -2.07. The number of ether oxygens (including phenoxy) is 2. The number of methoxy groups -OCH3 is 2. The maximum Gasteiger partial charge on any atom is 0.264 e. The molecule has 1 aliphatic rings. The van der Waals surface area contributed by atoms with Crippen molar-refractivity contribution in [2.45, 2.75) is 0 Å². The number of para-hydroxylation sites is 1. The van der Waals surface area contributed by atoms with Crippen LogP contribution in [-0.4, -0.2) is 25.3 Å². The molecule has 1 fully saturated rings. The monoisotopic (exact) mass is 365 g/mol. The molecule has 0 aromatic heterocycles. The highest BCUT2D eigenvalue weighted by atomic mass is 32.2. The van der Waals surface area contributed by atoms with E-state index in [1.807, 2.05) is 6.07 Å². The van der Waals surface area contributed by atoms with E-state index in [0.717, 1.165) is 5.56 Å². The maximum absolute atomic E-state index is 12.2. The first-order valence-corrected chi connectivity index (χ1v) is 8.47. The Hall–Kier alpha value is -3.24. The molecule has 1 amide bonds. The van der Waals surface area contributed by atoms with Crippen LogP contribution in [0.1, 0.15) is 11.1 Å². The number of carbonyl (C=O) groups excluding carboxylic acids is 1. The summed E-state index contributed by atoms with van der Waals surface area (Å²) >= 11 is 1.21. The van der Waals surface area contributed by atoms with Gasteiger partial charge in [0.15, 0.2) is 5.17 Å². The van der Waals surface area contributed by atoms with Crippen LogP contribution in [0.3, 0.4) is 0 Å². The van der Waals surface area contributed by atoms with E-state index in [1.165, 1.54) is 11.8 Å². The van der Waals surface area contributed by atoms with E-state index in [0.29, 0.717) is 32.8 Å². The fourth-order valence-electron chi connectivity index (χ4n) is 2.33. The van der Waals surface area contributed by atoms with E-state index >= 15 is 0 Å². The number of hydrogen-bond donors (Lipinski definition) is 1. The average Bonchev–Trinajstić information content (AvgIpc) is 3.01. The van der Waals surface area contributed by atoms with E-state index in [1.54, 1.807) is 56.7 Å². The Balaban J connectivity index is 1.90. The molecule has 0 bridgehead atoms. The molecule has 130 valence electrons. The van der Waals surface area contributed by atoms with Crippen molar-refractivity contribution >= 4 is 34.6 Å². The molecule has 6 nitrogen and oxygen atoms in total. The highest BCUT2D eigenvalue weighted by molar-refractivity contribution is 8.18. The molecule has 26 heavy (non-hydrogen) atoms. The summed E-state index contributed by atoms with van der Waals surface area (Å²) in [5, 5.41) is 12.3. The predicted molar refractivity (Wildman–Crippen MR) is 102 cm³/mol. The molecule has 0 aliphatic carbocycles. The fraction of sp³-hybridized carbons (Fsp3) is 0.105. The van der Waals surface area contributed by atoms with Crippen LogP contribution in [0.15, 0.2) is 52.4 Å². The molecule has 0 unspecified atom stereocenters. The lowest BCUT2D eigenvalue weighted by Crippen LogP contribution is -2.19. The van der Waals surface area contributed by atoms with Gasteiger partial charge in [0.25, 0.3) is 5.91 Å². The standard InChI is InChI=1S/C19H15N3O3S/c1-24-14-8-7-12(16(10-14)25-2)9-17-18(23)22-19(26-17)21-15-6-4-3-5-13(15)11-20/h3-10H,1-2H3,(H,21,22,23)/b17-9-. The van der Waals surface area contributed by atoms with Crippen LogP contribution in [0.25, 0.3) is 6.08 Å². The van der Waals surface area contributed by atoms with Gasteiger partial charge in [-0.2, -0.15) is 5.26 Å². The van der Waals surface area contributed by atoms with Crippen molar-refractivity contribution in [2.24, 2.45) is 4.99 Å². The zero-order valence-electron chi connectivity index (χ0n) is 14.1. The largest absolute Gasteiger partial charge is 0.497 e. The molecule has 1 N–H and O–H groups in total. The Bertz CT molecular complexity index is 961. The van der Waals surface area contributed by atoms with E-state index in [4.69, 9.17) is 14.7 Å². The van der Waals surface area contributed by atoms with E-state index in [2.05, 4.69) is 16.4 Å². The number of nitrogens with zero attached hydrogens (tertiary/aromatic N) is 2. The number of benzene rings is 2. The Morgan fingerprint density at radius 3 is 2.73 bits per heavy atom. The number of rotatable bonds is 4. The molecule has 1 heterocycles. The molecule has 7 heteroatoms. The first-order chi connectivity index (χ1) is 12.6. The molecule has 1 saturated heterocycles. The third-order valence-electron chi connectivity index (χ3n) is 3.62. The van der Waals surface area contributed by atoms with E-state index in [-0.39, 0.29) is 5.91 Å². The van der Waals surface area contributed by atoms with Gasteiger partial charge in [0.2, 0.25) is 0 Å². The summed E-state index contributed by atoms with van der Waals surface area (Å²) in [5.41, 5.74) is 1.72. The molecule has 0 radical (unpaired) electrons. The highest BCUT2D eigenvalue weighted by Crippen LogP contribution is 2.32. The van der Waals surface area contributed by atoms with Crippen LogP contribution in [0.2, 0.25) is 0 Å². The minimum absolute atomic E-state index is 0.249. The molecule has 0 saturated carbocycles. The SMILES string of the molecule is COc1ccc(/C=C2\SC(=Nc3ccccc3C#N)NC2=O)c(OC)c1. The molecular weight excluding hydrogens is 350 g/mol. The summed E-state index contributed by atoms with van der Waals surface area (Å²) in [6.45, 7) is 0. The summed E-state index contributed by atoms with van der Waals surface area (Å²) in [4.78, 5) is 17.1. The van der Waals surface area contributed by atoms with Crippen LogP contribution in [0, 0.1) is 11.3 Å². The van der Waals surface area contributed by atoms with Crippen molar-refractivity contribution in [3.8, 4) is 17.6 Å². The van der Waals surface area contributed by atoms with Crippen LogP contribution >= 0.6 is 11.8 Å². The van der Waals surface area contributed by atoms with Gasteiger partial charge in [0, 0.05) is 11.6 Å². The number of thioether (sulfide) groups is 1. The van der Waals surface area contributed by atoms with Gasteiger partial charge < -0.3 is 14.8 Å². The van der Waals surface area contributed by atoms with Gasteiger partial charge in [-0.05, 0) is 42.1 Å². The van der Waals surface area contributed by atoms with Gasteiger partial charge in [-0.15, -0.1) is 0 Å². The molecule has 2 aromatic carbocycles. The number of aliphatic imine (C=N–C) groups is 1. The molecule has 1 aliphatic heterocycles. The van der Waals surface area contributed by atoms with Crippen molar-refractivity contribution in [2.75, 3.05) is 14.2 Å². The molecular formula is C19H15N3O3S. The number of amides is 1. The average molecular weight is 365 g/mol. The zero-order chi connectivity index (χ0) is 18.5. The van der Waals surface area contributed by atoms with Crippen molar-refractivity contribution < 1.29 is 14.3 Å². The van der Waals surface area contributed by atoms with Gasteiger partial charge in [0.1, 0.15) is 17.6 Å². The summed E-state index contributed by atoms with van der Waals surface area (Å²) in [6.07, 6.45) is 1.73. The maximum atomic E-state index is 12.2. The van der Waals surface area contributed by atoms with Gasteiger partial charge in [-0.3, -0.25) is 4.79 Å². The van der Waals surface area contributed by atoms with Crippen LogP contribution in [0.5, 0.6) is 11.5 Å². The minimum atomic E-state index is -0.249. The summed E-state index contributed by atoms with van der Waals surface area (Å²) in [7, 11) is 3.14. The second-order valence-electron chi connectivity index (χ2n) is 5.22. The number of amidine groups is 1. The molecule has 0 spiro atoms. The Morgan fingerprint density at radius 1 is 1.19 bits per heavy atom. The van der Waals surface area contributed by atoms with Crippen molar-refractivity contribution in [3.63, 3.8) is 0 Å². The van der Waals surface area contributed by atoms with Crippen molar-refractivity contribution in [1.29, 1.82) is 5.26 Å². The first-order valence-electron chi connectivity index (χ1n) is 7.65. The second-order valence-corrected chi connectivity index (χ2v) is 6.25. The van der Waals surface area contributed by atoms with Crippen LogP contribution in [-0.2, 0) is 4.79 Å². The third-order valence-corrected chi connectivity index (χ3v) is 4.53. The molecule has 3 rings (SSSR count). The molecule has 0 atom stereocenters. The lowest BCUT2D eigenvalue weighted by molar-refractivity contribution is -0.115. The molecule has 2 aromatic rings. The zero-order valence-corrected chi connectivity index (χ0v) is 15.0. The van der Waals surface area contributed by atoms with Gasteiger partial charge in [-0.1, -0.05) is 12.1 Å². The Morgan fingerprint density at radius 2 is 2.00 bits per heavy atom. The second kappa shape index (κ2) is 7.76. The predicted octanol–water partition coefficient (Wildman–Crippen LogP) is 3.47. The highest BCUT2D eigenvalue weighted by Gasteiger charge is 2.24. The first kappa shape index (κ1) is 17.6. The minimum Gasteiger partial charge on any atom is -0.497 e. The number of hydrogen-bond acceptors (Lipinski definition) is 6. The number of carbonyl (C=O) groups is 1. The Kier molecular flexibility index (Phi) is 5.25. The number of nitriles is 1. The quantitative estimate of drug-likeness (QED) is 0.839. The van der Waals surface area contributed by atoms with Gasteiger partial charge in [0.05, 0.1) is 30.4 Å². The van der Waals surface area contributed by atoms with E-state index in [9.17, 15) is 4.79 Å². The van der Waals surface area contributed by atoms with Gasteiger partial charge >= 0.3 is 0 Å². The van der Waals surface area contributed by atoms with Crippen molar-refractivity contribution in [3.05, 3.63) is 58.5 Å². The van der Waals surface area contributed by atoms with Crippen molar-refractivity contribution in [1.82, 2.24) is 5.32 Å².